The van der Waals surface area contributed by atoms with Crippen molar-refractivity contribution >= 4 is 23.5 Å². The highest BCUT2D eigenvalue weighted by Gasteiger charge is 2.36. The molecule has 2 rings (SSSR count). The molecule has 7 nitrogen and oxygen atoms in total. The highest BCUT2D eigenvalue weighted by molar-refractivity contribution is 6.06. The number of imide groups is 1. The van der Waals surface area contributed by atoms with Gasteiger partial charge in [0.1, 0.15) is 23.5 Å². The fraction of sp³-hybridized carbons (Fsp3) is 0.571. The summed E-state index contributed by atoms with van der Waals surface area (Å²) in [6.45, 7) is 4.80. The monoisotopic (exact) mass is 291 g/mol. The number of rotatable bonds is 6. The van der Waals surface area contributed by atoms with Crippen LogP contribution in [0.5, 0.6) is 0 Å². The van der Waals surface area contributed by atoms with Crippen molar-refractivity contribution in [1.29, 1.82) is 0 Å². The lowest BCUT2D eigenvalue weighted by Gasteiger charge is -2.14. The zero-order valence-electron chi connectivity index (χ0n) is 12.6. The fourth-order valence-electron chi connectivity index (χ4n) is 2.22. The quantitative estimate of drug-likeness (QED) is 0.761. The van der Waals surface area contributed by atoms with Crippen LogP contribution in [0.25, 0.3) is 0 Å². The van der Waals surface area contributed by atoms with Gasteiger partial charge in [0.2, 0.25) is 5.91 Å². The molecule has 1 fully saturated rings. The maximum atomic E-state index is 11.9. The van der Waals surface area contributed by atoms with Gasteiger partial charge < -0.3 is 10.6 Å². The summed E-state index contributed by atoms with van der Waals surface area (Å²) in [6.07, 6.45) is 1.88. The van der Waals surface area contributed by atoms with E-state index in [1.807, 2.05) is 6.92 Å². The number of aromatic nitrogens is 2. The van der Waals surface area contributed by atoms with Crippen molar-refractivity contribution in [3.05, 3.63) is 11.9 Å². The standard InChI is InChI=1S/C14H21N5O2/c1-4-6-10-17-11(15-5-2)8-12(18-10)16-9-7-13(20)19(3)14(9)21/h8-9H,4-7H2,1-3H3,(H2,15,16,17,18). The average molecular weight is 291 g/mol. The molecule has 1 saturated heterocycles. The lowest BCUT2D eigenvalue weighted by molar-refractivity contribution is -0.136. The average Bonchev–Trinajstić information content (AvgIpc) is 2.67. The molecule has 2 amide bonds. The Morgan fingerprint density at radius 3 is 2.57 bits per heavy atom. The maximum absolute atomic E-state index is 11.9. The molecule has 1 atom stereocenters. The van der Waals surface area contributed by atoms with Gasteiger partial charge in [-0.1, -0.05) is 6.92 Å². The zero-order valence-corrected chi connectivity index (χ0v) is 12.6. The molecule has 0 aliphatic carbocycles. The Balaban J connectivity index is 2.18. The summed E-state index contributed by atoms with van der Waals surface area (Å²) in [5.74, 6) is 1.63. The van der Waals surface area contributed by atoms with Crippen molar-refractivity contribution in [2.75, 3.05) is 24.2 Å². The first-order chi connectivity index (χ1) is 10.0. The SMILES string of the molecule is CCCc1nc(NCC)cc(NC2CC(=O)N(C)C2=O)n1. The summed E-state index contributed by atoms with van der Waals surface area (Å²) in [5.41, 5.74) is 0. The molecule has 0 bridgehead atoms. The van der Waals surface area contributed by atoms with Gasteiger partial charge in [-0.2, -0.15) is 0 Å². The molecule has 0 spiro atoms. The summed E-state index contributed by atoms with van der Waals surface area (Å²) in [5, 5.41) is 6.19. The topological polar surface area (TPSA) is 87.2 Å². The van der Waals surface area contributed by atoms with Gasteiger partial charge in [0, 0.05) is 26.1 Å². The van der Waals surface area contributed by atoms with E-state index >= 15 is 0 Å². The molecule has 1 aliphatic heterocycles. The maximum Gasteiger partial charge on any atom is 0.251 e. The van der Waals surface area contributed by atoms with E-state index in [1.54, 1.807) is 6.07 Å². The number of hydrogen-bond acceptors (Lipinski definition) is 6. The Labute approximate surface area is 124 Å². The minimum absolute atomic E-state index is 0.166. The van der Waals surface area contributed by atoms with E-state index in [9.17, 15) is 9.59 Å². The number of nitrogens with one attached hydrogen (secondary N) is 2. The molecule has 114 valence electrons. The number of carbonyl (C=O) groups excluding carboxylic acids is 2. The number of likely N-dealkylation sites (tertiary alicyclic amines) is 1. The molecule has 1 aliphatic rings. The van der Waals surface area contributed by atoms with Crippen molar-refractivity contribution in [1.82, 2.24) is 14.9 Å². The first kappa shape index (κ1) is 15.2. The van der Waals surface area contributed by atoms with Crippen LogP contribution in [0.2, 0.25) is 0 Å². The van der Waals surface area contributed by atoms with Crippen molar-refractivity contribution in [3.63, 3.8) is 0 Å². The van der Waals surface area contributed by atoms with Crippen molar-refractivity contribution in [2.45, 2.75) is 39.2 Å². The zero-order chi connectivity index (χ0) is 15.4. The smallest absolute Gasteiger partial charge is 0.251 e. The van der Waals surface area contributed by atoms with E-state index in [0.29, 0.717) is 5.82 Å². The Morgan fingerprint density at radius 2 is 2.00 bits per heavy atom. The Kier molecular flexibility index (Phi) is 4.72. The molecule has 7 heteroatoms. The molecule has 0 aromatic carbocycles. The van der Waals surface area contributed by atoms with Gasteiger partial charge >= 0.3 is 0 Å². The van der Waals surface area contributed by atoms with Crippen molar-refractivity contribution in [3.8, 4) is 0 Å². The number of amides is 2. The number of nitrogens with zero attached hydrogens (tertiary/aromatic N) is 3. The van der Waals surface area contributed by atoms with E-state index in [0.717, 1.165) is 35.9 Å². The Morgan fingerprint density at radius 1 is 1.29 bits per heavy atom. The number of aryl methyl sites for hydroxylation is 1. The van der Waals surface area contributed by atoms with E-state index in [2.05, 4.69) is 27.5 Å². The first-order valence-corrected chi connectivity index (χ1v) is 7.23. The lowest BCUT2D eigenvalue weighted by atomic mass is 10.2. The van der Waals surface area contributed by atoms with E-state index in [4.69, 9.17) is 0 Å². The minimum atomic E-state index is -0.540. The van der Waals surface area contributed by atoms with Gasteiger partial charge in [0.15, 0.2) is 0 Å². The molecule has 1 aromatic heterocycles. The Bertz CT molecular complexity index is 522. The summed E-state index contributed by atoms with van der Waals surface area (Å²) < 4.78 is 0. The summed E-state index contributed by atoms with van der Waals surface area (Å²) in [6, 6.07) is 1.22. The minimum Gasteiger partial charge on any atom is -0.370 e. The number of anilines is 2. The van der Waals surface area contributed by atoms with Gasteiger partial charge in [0.25, 0.3) is 5.91 Å². The molecule has 2 N–H and O–H groups in total. The van der Waals surface area contributed by atoms with Gasteiger partial charge in [-0.3, -0.25) is 14.5 Å². The fourth-order valence-corrected chi connectivity index (χ4v) is 2.22. The predicted octanol–water partition coefficient (Wildman–Crippen LogP) is 1.03. The van der Waals surface area contributed by atoms with E-state index < -0.39 is 6.04 Å². The third-order valence-electron chi connectivity index (χ3n) is 3.31. The number of likely N-dealkylation sites (N-methyl/N-ethyl adjacent to an activating group) is 1. The molecular weight excluding hydrogens is 270 g/mol. The molecular formula is C14H21N5O2. The first-order valence-electron chi connectivity index (χ1n) is 7.23. The Hall–Kier alpha value is -2.18. The summed E-state index contributed by atoms with van der Waals surface area (Å²) in [4.78, 5) is 33.4. The third-order valence-corrected chi connectivity index (χ3v) is 3.31. The van der Waals surface area contributed by atoms with Crippen molar-refractivity contribution < 1.29 is 9.59 Å². The van der Waals surface area contributed by atoms with E-state index in [1.165, 1.54) is 7.05 Å². The van der Waals surface area contributed by atoms with Crippen LogP contribution in [-0.4, -0.2) is 46.3 Å². The largest absolute Gasteiger partial charge is 0.370 e. The van der Waals surface area contributed by atoms with Crippen LogP contribution < -0.4 is 10.6 Å². The molecule has 1 aromatic rings. The van der Waals surface area contributed by atoms with Gasteiger partial charge in [0.05, 0.1) is 6.42 Å². The second-order valence-corrected chi connectivity index (χ2v) is 5.03. The van der Waals surface area contributed by atoms with Crippen LogP contribution >= 0.6 is 0 Å². The third kappa shape index (κ3) is 3.48. The van der Waals surface area contributed by atoms with Crippen LogP contribution in [0.1, 0.15) is 32.5 Å². The summed E-state index contributed by atoms with van der Waals surface area (Å²) >= 11 is 0. The van der Waals surface area contributed by atoms with Crippen LogP contribution in [0, 0.1) is 0 Å². The second-order valence-electron chi connectivity index (χ2n) is 5.03. The van der Waals surface area contributed by atoms with E-state index in [-0.39, 0.29) is 18.2 Å². The van der Waals surface area contributed by atoms with Crippen LogP contribution in [-0.2, 0) is 16.0 Å². The van der Waals surface area contributed by atoms with Crippen LogP contribution in [0.3, 0.4) is 0 Å². The van der Waals surface area contributed by atoms with Crippen LogP contribution in [0.4, 0.5) is 11.6 Å². The molecule has 21 heavy (non-hydrogen) atoms. The van der Waals surface area contributed by atoms with Gasteiger partial charge in [-0.05, 0) is 13.3 Å². The highest BCUT2D eigenvalue weighted by Crippen LogP contribution is 2.18. The van der Waals surface area contributed by atoms with Crippen LogP contribution in [0.15, 0.2) is 6.07 Å². The normalized spacial score (nSPS) is 18.2. The van der Waals surface area contributed by atoms with Gasteiger partial charge in [-0.15, -0.1) is 0 Å². The molecule has 0 saturated carbocycles. The molecule has 1 unspecified atom stereocenters. The predicted molar refractivity (Wildman–Crippen MR) is 80.0 cm³/mol. The summed E-state index contributed by atoms with van der Waals surface area (Å²) in [7, 11) is 1.50. The highest BCUT2D eigenvalue weighted by atomic mass is 16.2. The van der Waals surface area contributed by atoms with Gasteiger partial charge in [-0.25, -0.2) is 9.97 Å². The lowest BCUT2D eigenvalue weighted by Crippen LogP contribution is -2.32. The number of carbonyl (C=O) groups is 2. The second kappa shape index (κ2) is 6.51. The number of hydrogen-bond donors (Lipinski definition) is 2. The van der Waals surface area contributed by atoms with Crippen molar-refractivity contribution in [2.24, 2.45) is 0 Å². The molecule has 0 radical (unpaired) electrons. The molecule has 2 heterocycles.